The first-order valence-electron chi connectivity index (χ1n) is 2.68. The number of pyridine rings is 1. The molecule has 0 saturated carbocycles. The molecule has 1 aromatic heterocycles. The van der Waals surface area contributed by atoms with Gasteiger partial charge in [-0.25, -0.2) is 0 Å². The van der Waals surface area contributed by atoms with Crippen LogP contribution in [0.25, 0.3) is 0 Å². The first kappa shape index (κ1) is 5.35. The lowest BCUT2D eigenvalue weighted by atomic mass is 9.97. The van der Waals surface area contributed by atoms with Crippen LogP contribution in [0.5, 0.6) is 0 Å². The Labute approximate surface area is 50.2 Å². The maximum absolute atomic E-state index is 4.04. The first-order chi connectivity index (χ1) is 3.79. The molecule has 1 rings (SSSR count). The molecule has 0 radical (unpaired) electrons. The SMILES string of the molecule is Bc1ccnc(C)c1. The minimum absolute atomic E-state index is 1.09. The van der Waals surface area contributed by atoms with Crippen molar-refractivity contribution in [3.63, 3.8) is 0 Å². The molecule has 0 aromatic carbocycles. The van der Waals surface area contributed by atoms with Crippen LogP contribution < -0.4 is 5.46 Å². The van der Waals surface area contributed by atoms with E-state index in [0.717, 1.165) is 5.69 Å². The van der Waals surface area contributed by atoms with Crippen LogP contribution in [-0.2, 0) is 0 Å². The van der Waals surface area contributed by atoms with E-state index >= 15 is 0 Å². The summed E-state index contributed by atoms with van der Waals surface area (Å²) in [6.07, 6.45) is 1.82. The van der Waals surface area contributed by atoms with Crippen molar-refractivity contribution in [1.29, 1.82) is 0 Å². The second-order valence-electron chi connectivity index (χ2n) is 1.97. The second-order valence-corrected chi connectivity index (χ2v) is 1.97. The monoisotopic (exact) mass is 105 g/mol. The Morgan fingerprint density at radius 1 is 1.62 bits per heavy atom. The molecular weight excluding hydrogens is 96.9 g/mol. The third-order valence-electron chi connectivity index (χ3n) is 1.05. The lowest BCUT2D eigenvalue weighted by molar-refractivity contribution is 1.21. The Morgan fingerprint density at radius 3 is 2.75 bits per heavy atom. The van der Waals surface area contributed by atoms with Gasteiger partial charge in [-0.3, -0.25) is 4.98 Å². The summed E-state index contributed by atoms with van der Waals surface area (Å²) in [5.74, 6) is 0. The molecule has 1 heterocycles. The van der Waals surface area contributed by atoms with Crippen molar-refractivity contribution in [3.05, 3.63) is 24.0 Å². The van der Waals surface area contributed by atoms with Crippen LogP contribution in [-0.4, -0.2) is 12.8 Å². The lowest BCUT2D eigenvalue weighted by Gasteiger charge is -1.90. The summed E-state index contributed by atoms with van der Waals surface area (Å²) in [5, 5.41) is 0. The van der Waals surface area contributed by atoms with Gasteiger partial charge in [0.1, 0.15) is 7.85 Å². The highest BCUT2D eigenvalue weighted by Crippen LogP contribution is 1.83. The molecule has 0 amide bonds. The molecule has 1 aromatic rings. The van der Waals surface area contributed by atoms with E-state index in [1.54, 1.807) is 0 Å². The van der Waals surface area contributed by atoms with Gasteiger partial charge >= 0.3 is 0 Å². The van der Waals surface area contributed by atoms with Crippen LogP contribution in [0.15, 0.2) is 18.3 Å². The van der Waals surface area contributed by atoms with Crippen LogP contribution in [0.2, 0.25) is 0 Å². The predicted molar refractivity (Wildman–Crippen MR) is 37.2 cm³/mol. The zero-order valence-electron chi connectivity index (χ0n) is 5.18. The van der Waals surface area contributed by atoms with E-state index in [1.165, 1.54) is 5.46 Å². The van der Waals surface area contributed by atoms with Crippen LogP contribution in [0.1, 0.15) is 5.69 Å². The molecule has 8 heavy (non-hydrogen) atoms. The summed E-state index contributed by atoms with van der Waals surface area (Å²) in [6, 6.07) is 4.05. The van der Waals surface area contributed by atoms with Crippen LogP contribution in [0, 0.1) is 6.92 Å². The summed E-state index contributed by atoms with van der Waals surface area (Å²) in [6.45, 7) is 1.99. The molecule has 0 saturated heterocycles. The fourth-order valence-corrected chi connectivity index (χ4v) is 0.687. The van der Waals surface area contributed by atoms with Gasteiger partial charge in [0.05, 0.1) is 0 Å². The van der Waals surface area contributed by atoms with Gasteiger partial charge in [0.2, 0.25) is 0 Å². The maximum Gasteiger partial charge on any atom is 0.139 e. The van der Waals surface area contributed by atoms with Gasteiger partial charge in [0.15, 0.2) is 0 Å². The number of hydrogen-bond acceptors (Lipinski definition) is 1. The molecule has 0 unspecified atom stereocenters. The second kappa shape index (κ2) is 1.99. The molecule has 0 aliphatic rings. The van der Waals surface area contributed by atoms with E-state index < -0.39 is 0 Å². The molecule has 0 fully saturated rings. The third kappa shape index (κ3) is 1.09. The van der Waals surface area contributed by atoms with Crippen molar-refractivity contribution >= 4 is 13.3 Å². The number of aromatic nitrogens is 1. The quantitative estimate of drug-likeness (QED) is 0.411. The number of rotatable bonds is 0. The average Bonchev–Trinajstić information content (AvgIpc) is 1.64. The highest BCUT2D eigenvalue weighted by Gasteiger charge is 1.82. The summed E-state index contributed by atoms with van der Waals surface area (Å²) >= 11 is 0. The summed E-state index contributed by atoms with van der Waals surface area (Å²) in [4.78, 5) is 4.04. The minimum atomic E-state index is 1.09. The van der Waals surface area contributed by atoms with E-state index in [2.05, 4.69) is 18.9 Å². The van der Waals surface area contributed by atoms with E-state index in [0.29, 0.717) is 0 Å². The van der Waals surface area contributed by atoms with Crippen LogP contribution in [0.3, 0.4) is 0 Å². The molecule has 0 atom stereocenters. The zero-order chi connectivity index (χ0) is 5.98. The molecule has 0 aliphatic heterocycles. The molecule has 0 N–H and O–H groups in total. The highest BCUT2D eigenvalue weighted by atomic mass is 14.6. The van der Waals surface area contributed by atoms with Gasteiger partial charge in [-0.1, -0.05) is 11.5 Å². The van der Waals surface area contributed by atoms with Gasteiger partial charge in [-0.15, -0.1) is 0 Å². The van der Waals surface area contributed by atoms with E-state index in [4.69, 9.17) is 0 Å². The van der Waals surface area contributed by atoms with Crippen LogP contribution >= 0.6 is 0 Å². The molecule has 40 valence electrons. The first-order valence-corrected chi connectivity index (χ1v) is 2.68. The van der Waals surface area contributed by atoms with Gasteiger partial charge in [0, 0.05) is 11.9 Å². The van der Waals surface area contributed by atoms with Gasteiger partial charge < -0.3 is 0 Å². The minimum Gasteiger partial charge on any atom is -0.262 e. The fourth-order valence-electron chi connectivity index (χ4n) is 0.687. The van der Waals surface area contributed by atoms with Crippen molar-refractivity contribution in [1.82, 2.24) is 4.98 Å². The highest BCUT2D eigenvalue weighted by molar-refractivity contribution is 6.32. The van der Waals surface area contributed by atoms with Gasteiger partial charge in [-0.2, -0.15) is 0 Å². The zero-order valence-corrected chi connectivity index (χ0v) is 5.18. The summed E-state index contributed by atoms with van der Waals surface area (Å²) in [7, 11) is 2.06. The largest absolute Gasteiger partial charge is 0.262 e. The predicted octanol–water partition coefficient (Wildman–Crippen LogP) is -0.352. The van der Waals surface area contributed by atoms with Crippen molar-refractivity contribution in [2.75, 3.05) is 0 Å². The van der Waals surface area contributed by atoms with E-state index in [1.807, 2.05) is 19.2 Å². The Hall–Kier alpha value is -0.785. The summed E-state index contributed by atoms with van der Waals surface area (Å²) in [5.41, 5.74) is 2.36. The fraction of sp³-hybridized carbons (Fsp3) is 0.167. The molecular formula is C6H8BN. The number of hydrogen-bond donors (Lipinski definition) is 0. The molecule has 0 bridgehead atoms. The third-order valence-corrected chi connectivity index (χ3v) is 1.05. The Balaban J connectivity index is 3.08. The number of nitrogens with zero attached hydrogens (tertiary/aromatic N) is 1. The Kier molecular flexibility index (Phi) is 1.33. The van der Waals surface area contributed by atoms with Crippen molar-refractivity contribution in [3.8, 4) is 0 Å². The maximum atomic E-state index is 4.04. The van der Waals surface area contributed by atoms with E-state index in [-0.39, 0.29) is 0 Å². The molecule has 2 heteroatoms. The normalized spacial score (nSPS) is 9.12. The van der Waals surface area contributed by atoms with Crippen LogP contribution in [0.4, 0.5) is 0 Å². The van der Waals surface area contributed by atoms with Crippen molar-refractivity contribution in [2.24, 2.45) is 0 Å². The standard InChI is InChI=1S/C6H8BN/c1-5-4-6(7)2-3-8-5/h2-4H,7H2,1H3. The summed E-state index contributed by atoms with van der Waals surface area (Å²) < 4.78 is 0. The molecule has 1 nitrogen and oxygen atoms in total. The van der Waals surface area contributed by atoms with E-state index in [9.17, 15) is 0 Å². The smallest absolute Gasteiger partial charge is 0.139 e. The topological polar surface area (TPSA) is 12.9 Å². The Bertz CT molecular complexity index is 168. The van der Waals surface area contributed by atoms with Gasteiger partial charge in [0.25, 0.3) is 0 Å². The lowest BCUT2D eigenvalue weighted by Crippen LogP contribution is -2.01. The van der Waals surface area contributed by atoms with Crippen molar-refractivity contribution in [2.45, 2.75) is 6.92 Å². The average molecular weight is 105 g/mol. The van der Waals surface area contributed by atoms with Gasteiger partial charge in [-0.05, 0) is 13.0 Å². The Morgan fingerprint density at radius 2 is 2.38 bits per heavy atom. The van der Waals surface area contributed by atoms with Crippen molar-refractivity contribution < 1.29 is 0 Å². The molecule has 0 spiro atoms. The molecule has 0 aliphatic carbocycles. The number of aryl methyl sites for hydroxylation is 1.